The minimum absolute atomic E-state index is 0.0561. The molecule has 2 aromatic rings. The number of methoxy groups -OCH3 is 2. The maximum atomic E-state index is 14.5. The van der Waals surface area contributed by atoms with Crippen LogP contribution in [0.4, 0.5) is 0 Å². The third-order valence-corrected chi connectivity index (χ3v) is 11.6. The Kier molecular flexibility index (Phi) is 5.53. The van der Waals surface area contributed by atoms with Gasteiger partial charge in [-0.3, -0.25) is 14.5 Å². The molecule has 4 bridgehead atoms. The molecule has 220 valence electrons. The zero-order valence-electron chi connectivity index (χ0n) is 24.7. The van der Waals surface area contributed by atoms with E-state index in [1.54, 1.807) is 37.3 Å². The molecule has 2 amide bonds. The van der Waals surface area contributed by atoms with Crippen LogP contribution < -0.4 is 15.2 Å². The van der Waals surface area contributed by atoms with E-state index in [1.165, 1.54) is 24.0 Å². The second-order valence-electron chi connectivity index (χ2n) is 13.4. The number of nitrogens with zero attached hydrogens (tertiary/aromatic N) is 2. The highest BCUT2D eigenvalue weighted by atomic mass is 16.6. The van der Waals surface area contributed by atoms with Gasteiger partial charge >= 0.3 is 0 Å². The minimum atomic E-state index is -0.871. The predicted octanol–water partition coefficient (Wildman–Crippen LogP) is 3.60. The number of ether oxygens (including phenoxy) is 3. The van der Waals surface area contributed by atoms with Crippen molar-refractivity contribution >= 4 is 11.8 Å². The van der Waals surface area contributed by atoms with Crippen molar-refractivity contribution in [1.82, 2.24) is 9.80 Å². The van der Waals surface area contributed by atoms with Crippen molar-refractivity contribution in [3.05, 3.63) is 70.3 Å². The number of likely N-dealkylation sites (N-methyl/N-ethyl adjacent to an activating group) is 1. The summed E-state index contributed by atoms with van der Waals surface area (Å²) in [7, 11) is 5.27. The molecule has 2 saturated carbocycles. The van der Waals surface area contributed by atoms with Gasteiger partial charge in [0, 0.05) is 55.4 Å². The largest absolute Gasteiger partial charge is 0.493 e. The van der Waals surface area contributed by atoms with Gasteiger partial charge in [-0.05, 0) is 80.3 Å². The van der Waals surface area contributed by atoms with Crippen molar-refractivity contribution < 1.29 is 23.8 Å². The summed E-state index contributed by atoms with van der Waals surface area (Å²) in [4.78, 5) is 30.8. The second kappa shape index (κ2) is 8.83. The van der Waals surface area contributed by atoms with Crippen molar-refractivity contribution in [3.8, 4) is 11.5 Å². The number of amides is 2. The summed E-state index contributed by atoms with van der Waals surface area (Å²) in [5.74, 6) is 1.86. The number of rotatable bonds is 8. The Morgan fingerprint density at radius 2 is 1.98 bits per heavy atom. The first-order valence-electron chi connectivity index (χ1n) is 15.3. The molecule has 0 unspecified atom stereocenters. The number of piperidine rings is 1. The topological polar surface area (TPSA) is 94.3 Å². The van der Waals surface area contributed by atoms with E-state index in [-0.39, 0.29) is 22.8 Å². The van der Waals surface area contributed by atoms with Crippen molar-refractivity contribution in [2.45, 2.75) is 68.2 Å². The Hall–Kier alpha value is -3.36. The number of hydrogen-bond acceptors (Lipinski definition) is 6. The molecule has 5 aliphatic carbocycles. The maximum Gasteiger partial charge on any atom is 0.252 e. The van der Waals surface area contributed by atoms with E-state index in [4.69, 9.17) is 19.9 Å². The van der Waals surface area contributed by atoms with Crippen molar-refractivity contribution in [3.63, 3.8) is 0 Å². The number of likely N-dealkylation sites (tertiary alicyclic amines) is 1. The van der Waals surface area contributed by atoms with E-state index in [2.05, 4.69) is 23.1 Å². The van der Waals surface area contributed by atoms with Crippen LogP contribution in [0.25, 0.3) is 0 Å². The Morgan fingerprint density at radius 3 is 2.71 bits per heavy atom. The van der Waals surface area contributed by atoms with Crippen LogP contribution in [0.3, 0.4) is 0 Å². The van der Waals surface area contributed by atoms with Crippen LogP contribution in [0.15, 0.2) is 48.0 Å². The molecule has 2 aromatic carbocycles. The van der Waals surface area contributed by atoms with Crippen molar-refractivity contribution in [1.29, 1.82) is 0 Å². The smallest absolute Gasteiger partial charge is 0.252 e. The first kappa shape index (κ1) is 26.3. The van der Waals surface area contributed by atoms with Gasteiger partial charge in [0.25, 0.3) is 5.91 Å². The normalized spacial score (nSPS) is 33.5. The van der Waals surface area contributed by atoms with Gasteiger partial charge in [-0.1, -0.05) is 24.3 Å². The van der Waals surface area contributed by atoms with Crippen LogP contribution in [0.1, 0.15) is 59.2 Å². The third kappa shape index (κ3) is 3.20. The van der Waals surface area contributed by atoms with Gasteiger partial charge in [-0.15, -0.1) is 0 Å². The summed E-state index contributed by atoms with van der Waals surface area (Å²) in [6, 6.07) is 11.8. The monoisotopic (exact) mass is 569 g/mol. The van der Waals surface area contributed by atoms with Gasteiger partial charge in [-0.25, -0.2) is 0 Å². The average molecular weight is 570 g/mol. The molecule has 7 aliphatic rings. The van der Waals surface area contributed by atoms with Gasteiger partial charge in [0.2, 0.25) is 5.91 Å². The predicted molar refractivity (Wildman–Crippen MR) is 156 cm³/mol. The Bertz CT molecular complexity index is 1550. The highest BCUT2D eigenvalue weighted by Crippen LogP contribution is 2.75. The Balaban J connectivity index is 1.26. The van der Waals surface area contributed by atoms with Gasteiger partial charge < -0.3 is 24.8 Å². The first-order chi connectivity index (χ1) is 20.3. The zero-order chi connectivity index (χ0) is 29.0. The molecule has 2 spiro atoms. The van der Waals surface area contributed by atoms with Gasteiger partial charge in [0.05, 0.1) is 12.5 Å². The van der Waals surface area contributed by atoms with Crippen LogP contribution >= 0.6 is 0 Å². The number of nitrogens with two attached hydrogens (primary N) is 1. The number of hydrogen-bond donors (Lipinski definition) is 1. The summed E-state index contributed by atoms with van der Waals surface area (Å²) in [6.45, 7) is 2.52. The molecule has 8 heteroatoms. The van der Waals surface area contributed by atoms with Crippen molar-refractivity contribution in [2.75, 3.05) is 34.4 Å². The molecule has 0 radical (unpaired) electrons. The summed E-state index contributed by atoms with van der Waals surface area (Å²) in [5, 5.41) is 0. The summed E-state index contributed by atoms with van der Waals surface area (Å²) in [5.41, 5.74) is 8.82. The molecule has 2 N–H and O–H groups in total. The highest BCUT2D eigenvalue weighted by Gasteiger charge is 2.79. The number of carbonyl (C=O) groups excluding carboxylic acids is 2. The lowest BCUT2D eigenvalue weighted by molar-refractivity contribution is -0.198. The summed E-state index contributed by atoms with van der Waals surface area (Å²) in [6.07, 6.45) is 8.30. The standard InChI is InChI=1S/C34H39N3O5/c1-36(18-21-5-4-6-23(15-21)29(35)38)30(39)24-17-32-11-12-34(24,41-3)31-33(32)13-14-37(19-20-7-8-20)26(32)16-22-9-10-25(40-2)28(42-31)27(22)33/h4-6,9-10,15,17,20,26,31H,7-8,11-14,16,18-19H2,1-3H3,(H2,35,38)/t26-,31-,32-,33+,34-/m1/s1. The molecular formula is C34H39N3O5. The van der Waals surface area contributed by atoms with Crippen LogP contribution in [-0.2, 0) is 27.9 Å². The van der Waals surface area contributed by atoms with E-state index in [9.17, 15) is 9.59 Å². The third-order valence-electron chi connectivity index (χ3n) is 11.6. The second-order valence-corrected chi connectivity index (χ2v) is 13.4. The lowest BCUT2D eigenvalue weighted by atomic mass is 9.37. The van der Waals surface area contributed by atoms with Crippen LogP contribution in [0.5, 0.6) is 11.5 Å². The van der Waals surface area contributed by atoms with Gasteiger partial charge in [-0.2, -0.15) is 0 Å². The highest BCUT2D eigenvalue weighted by molar-refractivity contribution is 5.97. The number of primary amides is 1. The van der Waals surface area contributed by atoms with E-state index >= 15 is 0 Å². The molecule has 0 aromatic heterocycles. The van der Waals surface area contributed by atoms with Crippen LogP contribution in [0, 0.1) is 11.3 Å². The molecule has 3 fully saturated rings. The van der Waals surface area contributed by atoms with Crippen LogP contribution in [0.2, 0.25) is 0 Å². The number of benzene rings is 2. The lowest BCUT2D eigenvalue weighted by Crippen LogP contribution is -2.78. The fourth-order valence-corrected chi connectivity index (χ4v) is 9.62. The number of fused-ring (bicyclic) bond motifs is 1. The van der Waals surface area contributed by atoms with E-state index in [0.717, 1.165) is 61.8 Å². The van der Waals surface area contributed by atoms with E-state index in [1.807, 2.05) is 13.1 Å². The van der Waals surface area contributed by atoms with Crippen LogP contribution in [-0.4, -0.2) is 73.7 Å². The Morgan fingerprint density at radius 1 is 1.14 bits per heavy atom. The quantitative estimate of drug-likeness (QED) is 0.522. The molecule has 2 heterocycles. The molecule has 9 rings (SSSR count). The number of carbonyl (C=O) groups is 2. The minimum Gasteiger partial charge on any atom is -0.493 e. The van der Waals surface area contributed by atoms with Gasteiger partial charge in [0.1, 0.15) is 11.7 Å². The molecule has 1 saturated heterocycles. The zero-order valence-corrected chi connectivity index (χ0v) is 24.7. The molecule has 2 aliphatic heterocycles. The average Bonchev–Trinajstić information content (AvgIpc) is 3.74. The summed E-state index contributed by atoms with van der Waals surface area (Å²) >= 11 is 0. The van der Waals surface area contributed by atoms with Gasteiger partial charge in [0.15, 0.2) is 11.5 Å². The Labute approximate surface area is 246 Å². The fourth-order valence-electron chi connectivity index (χ4n) is 9.62. The maximum absolute atomic E-state index is 14.5. The summed E-state index contributed by atoms with van der Waals surface area (Å²) < 4.78 is 19.4. The van der Waals surface area contributed by atoms with Crippen molar-refractivity contribution in [2.24, 2.45) is 17.1 Å². The molecule has 8 nitrogen and oxygen atoms in total. The van der Waals surface area contributed by atoms with E-state index in [0.29, 0.717) is 23.7 Å². The van der Waals surface area contributed by atoms with E-state index < -0.39 is 11.5 Å². The lowest BCUT2D eigenvalue weighted by Gasteiger charge is -2.70. The molecule has 42 heavy (non-hydrogen) atoms. The molecular weight excluding hydrogens is 530 g/mol. The SMILES string of the molecule is COc1ccc2c3c1O[C@@H]1[C@]34CCN(CC3CC3)[C@H](C2)[C@@]42C=C(C(=O)N(C)Cc3cccc(C(N)=O)c3)[C@]1(OC)CC2. The first-order valence-corrected chi connectivity index (χ1v) is 15.3. The molecule has 5 atom stereocenters. The fraction of sp³-hybridized carbons (Fsp3) is 0.529.